The fraction of sp³-hybridized carbons (Fsp3) is 0.167. The first-order valence-electron chi connectivity index (χ1n) is 9.83. The van der Waals surface area contributed by atoms with Crippen LogP contribution in [0, 0.1) is 0 Å². The smallest absolute Gasteiger partial charge is 0.341 e. The Morgan fingerprint density at radius 2 is 1.88 bits per heavy atom. The molecule has 1 N–H and O–H groups in total. The molecule has 33 heavy (non-hydrogen) atoms. The van der Waals surface area contributed by atoms with Crippen LogP contribution in [-0.2, 0) is 9.53 Å². The molecule has 0 saturated carbocycles. The highest BCUT2D eigenvalue weighted by atomic mass is 79.9. The van der Waals surface area contributed by atoms with Crippen molar-refractivity contribution in [3.8, 4) is 22.6 Å². The van der Waals surface area contributed by atoms with E-state index in [1.54, 1.807) is 49.8 Å². The van der Waals surface area contributed by atoms with Crippen LogP contribution in [0.5, 0.6) is 11.5 Å². The van der Waals surface area contributed by atoms with Gasteiger partial charge in [0.1, 0.15) is 10.6 Å². The van der Waals surface area contributed by atoms with E-state index in [1.807, 2.05) is 12.1 Å². The standard InChI is InChI=1S/C24H21BrClNO5S/c1-4-32-24(29)21-17(15-6-8-16(26)9-7-15)13-33-23(21)27-20(28)10-5-14-11-18(25)22(31-3)19(12-14)30-2/h5-13H,4H2,1-3H3,(H,27,28). The fourth-order valence-corrected chi connectivity index (χ4v) is 4.77. The van der Waals surface area contributed by atoms with E-state index in [0.717, 1.165) is 11.1 Å². The molecule has 2 aromatic carbocycles. The van der Waals surface area contributed by atoms with E-state index in [9.17, 15) is 9.59 Å². The molecule has 1 aromatic heterocycles. The number of ether oxygens (including phenoxy) is 3. The Hall–Kier alpha value is -2.81. The van der Waals surface area contributed by atoms with Gasteiger partial charge in [-0.05, 0) is 64.3 Å². The summed E-state index contributed by atoms with van der Waals surface area (Å²) >= 11 is 10.7. The zero-order chi connectivity index (χ0) is 24.0. The van der Waals surface area contributed by atoms with E-state index in [-0.39, 0.29) is 6.61 Å². The minimum Gasteiger partial charge on any atom is -0.493 e. The first-order valence-corrected chi connectivity index (χ1v) is 11.9. The highest BCUT2D eigenvalue weighted by Gasteiger charge is 2.22. The van der Waals surface area contributed by atoms with Crippen LogP contribution in [0.4, 0.5) is 5.00 Å². The summed E-state index contributed by atoms with van der Waals surface area (Å²) in [6.07, 6.45) is 3.02. The van der Waals surface area contributed by atoms with Gasteiger partial charge in [-0.1, -0.05) is 23.7 Å². The number of nitrogens with one attached hydrogen (secondary N) is 1. The number of esters is 1. The lowest BCUT2D eigenvalue weighted by molar-refractivity contribution is -0.111. The molecule has 0 fully saturated rings. The summed E-state index contributed by atoms with van der Waals surface area (Å²) in [5, 5.41) is 5.59. The lowest BCUT2D eigenvalue weighted by Crippen LogP contribution is -2.12. The van der Waals surface area contributed by atoms with Gasteiger partial charge in [-0.2, -0.15) is 0 Å². The van der Waals surface area contributed by atoms with Crippen LogP contribution in [-0.4, -0.2) is 32.7 Å². The van der Waals surface area contributed by atoms with Crippen molar-refractivity contribution >= 4 is 61.8 Å². The molecule has 1 heterocycles. The number of halogens is 2. The Bertz CT molecular complexity index is 1190. The highest BCUT2D eigenvalue weighted by molar-refractivity contribution is 9.10. The quantitative estimate of drug-likeness (QED) is 0.250. The molecule has 3 aromatic rings. The molecule has 0 aliphatic carbocycles. The van der Waals surface area contributed by atoms with Crippen LogP contribution in [0.2, 0.25) is 5.02 Å². The highest BCUT2D eigenvalue weighted by Crippen LogP contribution is 2.38. The van der Waals surface area contributed by atoms with Crippen molar-refractivity contribution in [1.29, 1.82) is 0 Å². The average Bonchev–Trinajstić information content (AvgIpc) is 3.21. The van der Waals surface area contributed by atoms with E-state index in [0.29, 0.717) is 37.1 Å². The molecule has 0 radical (unpaired) electrons. The van der Waals surface area contributed by atoms with Crippen LogP contribution >= 0.6 is 38.9 Å². The van der Waals surface area contributed by atoms with Crippen molar-refractivity contribution < 1.29 is 23.8 Å². The molecule has 0 saturated heterocycles. The zero-order valence-corrected chi connectivity index (χ0v) is 21.3. The minimum atomic E-state index is -0.508. The SMILES string of the molecule is CCOC(=O)c1c(-c2ccc(Cl)cc2)csc1NC(=O)C=Cc1cc(Br)c(OC)c(OC)c1. The molecule has 3 rings (SSSR count). The second kappa shape index (κ2) is 11.4. The molecule has 0 aliphatic rings. The maximum atomic E-state index is 12.7. The van der Waals surface area contributed by atoms with E-state index >= 15 is 0 Å². The molecule has 1 amide bonds. The lowest BCUT2D eigenvalue weighted by Gasteiger charge is -2.10. The van der Waals surface area contributed by atoms with Gasteiger partial charge in [0.15, 0.2) is 11.5 Å². The summed E-state index contributed by atoms with van der Waals surface area (Å²) in [6.45, 7) is 1.95. The molecule has 9 heteroatoms. The zero-order valence-electron chi connectivity index (χ0n) is 18.1. The molecule has 0 bridgehead atoms. The van der Waals surface area contributed by atoms with Crippen molar-refractivity contribution in [2.24, 2.45) is 0 Å². The maximum Gasteiger partial charge on any atom is 0.341 e. The second-order valence-corrected chi connectivity index (χ2v) is 8.81. The largest absolute Gasteiger partial charge is 0.493 e. The Balaban J connectivity index is 1.87. The molecule has 0 unspecified atom stereocenters. The third-order valence-electron chi connectivity index (χ3n) is 4.55. The van der Waals surface area contributed by atoms with Gasteiger partial charge < -0.3 is 19.5 Å². The summed E-state index contributed by atoms with van der Waals surface area (Å²) in [4.78, 5) is 25.3. The number of hydrogen-bond acceptors (Lipinski definition) is 6. The van der Waals surface area contributed by atoms with Gasteiger partial charge in [-0.15, -0.1) is 11.3 Å². The second-order valence-electron chi connectivity index (χ2n) is 6.64. The van der Waals surface area contributed by atoms with Crippen molar-refractivity contribution in [2.45, 2.75) is 6.92 Å². The molecule has 0 atom stereocenters. The van der Waals surface area contributed by atoms with Crippen LogP contribution < -0.4 is 14.8 Å². The Kier molecular flexibility index (Phi) is 8.55. The summed E-state index contributed by atoms with van der Waals surface area (Å²) in [5.74, 6) is 0.191. The molecule has 172 valence electrons. The summed E-state index contributed by atoms with van der Waals surface area (Å²) < 4.78 is 16.6. The Morgan fingerprint density at radius 3 is 2.52 bits per heavy atom. The predicted octanol–water partition coefficient (Wildman–Crippen LogP) is 6.68. The minimum absolute atomic E-state index is 0.218. The lowest BCUT2D eigenvalue weighted by atomic mass is 10.0. The van der Waals surface area contributed by atoms with E-state index in [2.05, 4.69) is 21.2 Å². The summed E-state index contributed by atoms with van der Waals surface area (Å²) in [6, 6.07) is 10.7. The number of thiophene rings is 1. The van der Waals surface area contributed by atoms with E-state index in [4.69, 9.17) is 25.8 Å². The van der Waals surface area contributed by atoms with Crippen molar-refractivity contribution in [3.05, 3.63) is 68.5 Å². The predicted molar refractivity (Wildman–Crippen MR) is 136 cm³/mol. The van der Waals surface area contributed by atoms with Crippen molar-refractivity contribution in [1.82, 2.24) is 0 Å². The topological polar surface area (TPSA) is 73.9 Å². The Morgan fingerprint density at radius 1 is 1.15 bits per heavy atom. The number of carbonyl (C=O) groups is 2. The van der Waals surface area contributed by atoms with Crippen LogP contribution in [0.1, 0.15) is 22.8 Å². The number of benzene rings is 2. The van der Waals surface area contributed by atoms with Crippen molar-refractivity contribution in [2.75, 3.05) is 26.1 Å². The Labute approximate surface area is 209 Å². The molecule has 0 aliphatic heterocycles. The van der Waals surface area contributed by atoms with Gasteiger partial charge in [0.25, 0.3) is 0 Å². The van der Waals surface area contributed by atoms with Gasteiger partial charge in [0.2, 0.25) is 5.91 Å². The summed E-state index contributed by atoms with van der Waals surface area (Å²) in [5.41, 5.74) is 2.50. The number of rotatable bonds is 8. The van der Waals surface area contributed by atoms with Crippen LogP contribution in [0.25, 0.3) is 17.2 Å². The van der Waals surface area contributed by atoms with Gasteiger partial charge >= 0.3 is 5.97 Å². The normalized spacial score (nSPS) is 10.8. The number of hydrogen-bond donors (Lipinski definition) is 1. The molecule has 6 nitrogen and oxygen atoms in total. The first-order chi connectivity index (χ1) is 15.9. The average molecular weight is 551 g/mol. The first kappa shape index (κ1) is 24.8. The van der Waals surface area contributed by atoms with E-state index in [1.165, 1.54) is 24.5 Å². The monoisotopic (exact) mass is 549 g/mol. The van der Waals surface area contributed by atoms with Gasteiger partial charge in [0.05, 0.1) is 25.3 Å². The van der Waals surface area contributed by atoms with E-state index < -0.39 is 11.9 Å². The number of amides is 1. The van der Waals surface area contributed by atoms with Gasteiger partial charge in [-0.3, -0.25) is 4.79 Å². The van der Waals surface area contributed by atoms with Gasteiger partial charge in [-0.25, -0.2) is 4.79 Å². The van der Waals surface area contributed by atoms with Gasteiger partial charge in [0, 0.05) is 22.0 Å². The third kappa shape index (κ3) is 5.96. The molecular weight excluding hydrogens is 530 g/mol. The number of anilines is 1. The summed E-state index contributed by atoms with van der Waals surface area (Å²) in [7, 11) is 3.09. The maximum absolute atomic E-state index is 12.7. The van der Waals surface area contributed by atoms with Crippen LogP contribution in [0.15, 0.2) is 52.3 Å². The number of carbonyl (C=O) groups excluding carboxylic acids is 2. The third-order valence-corrected chi connectivity index (χ3v) is 6.28. The molecular formula is C24H21BrClNO5S. The fourth-order valence-electron chi connectivity index (χ4n) is 3.06. The number of methoxy groups -OCH3 is 2. The van der Waals surface area contributed by atoms with Crippen molar-refractivity contribution in [3.63, 3.8) is 0 Å². The molecule has 0 spiro atoms. The van der Waals surface area contributed by atoms with Crippen LogP contribution in [0.3, 0.4) is 0 Å².